The SMILES string of the molecule is CCN(CC)Cc1ccccc1CNC(=O)CCc1c(C)[nH]c(=O)c(C#N)c1C. The van der Waals surface area contributed by atoms with Crippen LogP contribution in [0.1, 0.15) is 53.8 Å². The van der Waals surface area contributed by atoms with Crippen molar-refractivity contribution in [1.29, 1.82) is 5.26 Å². The van der Waals surface area contributed by atoms with Crippen LogP contribution < -0.4 is 10.9 Å². The third-order valence-corrected chi connectivity index (χ3v) is 5.41. The van der Waals surface area contributed by atoms with Crippen LogP contribution in [0.2, 0.25) is 0 Å². The molecule has 0 bridgehead atoms. The van der Waals surface area contributed by atoms with Gasteiger partial charge in [-0.3, -0.25) is 14.5 Å². The highest BCUT2D eigenvalue weighted by atomic mass is 16.1. The smallest absolute Gasteiger partial charge is 0.266 e. The number of aromatic amines is 1. The molecule has 29 heavy (non-hydrogen) atoms. The van der Waals surface area contributed by atoms with Crippen molar-refractivity contribution >= 4 is 5.91 Å². The lowest BCUT2D eigenvalue weighted by Gasteiger charge is -2.20. The first-order valence-electron chi connectivity index (χ1n) is 10.1. The monoisotopic (exact) mass is 394 g/mol. The first kappa shape index (κ1) is 22.4. The maximum absolute atomic E-state index is 12.4. The summed E-state index contributed by atoms with van der Waals surface area (Å²) < 4.78 is 0. The minimum atomic E-state index is -0.375. The van der Waals surface area contributed by atoms with Crippen LogP contribution in [0.5, 0.6) is 0 Å². The molecule has 2 aromatic rings. The number of carbonyl (C=O) groups is 1. The minimum Gasteiger partial charge on any atom is -0.352 e. The Morgan fingerprint density at radius 3 is 2.45 bits per heavy atom. The van der Waals surface area contributed by atoms with Gasteiger partial charge in [0.1, 0.15) is 11.6 Å². The van der Waals surface area contributed by atoms with Gasteiger partial charge >= 0.3 is 0 Å². The summed E-state index contributed by atoms with van der Waals surface area (Å²) in [5, 5.41) is 12.2. The van der Waals surface area contributed by atoms with Gasteiger partial charge in [-0.05, 0) is 55.6 Å². The number of hydrogen-bond donors (Lipinski definition) is 2. The van der Waals surface area contributed by atoms with Crippen molar-refractivity contribution in [3.05, 3.63) is 68.1 Å². The summed E-state index contributed by atoms with van der Waals surface area (Å²) in [7, 11) is 0. The van der Waals surface area contributed by atoms with E-state index in [4.69, 9.17) is 0 Å². The Bertz CT molecular complexity index is 952. The third-order valence-electron chi connectivity index (χ3n) is 5.41. The lowest BCUT2D eigenvalue weighted by atomic mass is 9.99. The summed E-state index contributed by atoms with van der Waals surface area (Å²) in [6.07, 6.45) is 0.785. The van der Waals surface area contributed by atoms with Gasteiger partial charge in [-0.2, -0.15) is 5.26 Å². The predicted octanol–water partition coefficient (Wildman–Crippen LogP) is 2.95. The number of H-pyrrole nitrogens is 1. The number of amides is 1. The highest BCUT2D eigenvalue weighted by molar-refractivity contribution is 5.76. The second-order valence-electron chi connectivity index (χ2n) is 7.18. The van der Waals surface area contributed by atoms with E-state index >= 15 is 0 Å². The lowest BCUT2D eigenvalue weighted by molar-refractivity contribution is -0.121. The summed E-state index contributed by atoms with van der Waals surface area (Å²) >= 11 is 0. The van der Waals surface area contributed by atoms with Crippen LogP contribution in [-0.4, -0.2) is 28.9 Å². The van der Waals surface area contributed by atoms with Crippen molar-refractivity contribution in [1.82, 2.24) is 15.2 Å². The minimum absolute atomic E-state index is 0.0499. The molecule has 0 unspecified atom stereocenters. The zero-order valence-corrected chi connectivity index (χ0v) is 17.8. The Balaban J connectivity index is 2.00. The number of nitrogens with zero attached hydrogens (tertiary/aromatic N) is 2. The van der Waals surface area contributed by atoms with E-state index in [1.165, 1.54) is 5.56 Å². The van der Waals surface area contributed by atoms with Crippen LogP contribution in [0.4, 0.5) is 0 Å². The Morgan fingerprint density at radius 1 is 1.17 bits per heavy atom. The normalized spacial score (nSPS) is 10.8. The zero-order valence-electron chi connectivity index (χ0n) is 17.8. The Hall–Kier alpha value is -2.91. The molecule has 0 radical (unpaired) electrons. The van der Waals surface area contributed by atoms with Crippen molar-refractivity contribution in [2.45, 2.75) is 53.6 Å². The molecule has 1 heterocycles. The molecule has 1 aromatic heterocycles. The average molecular weight is 395 g/mol. The van der Waals surface area contributed by atoms with Crippen molar-refractivity contribution in [2.75, 3.05) is 13.1 Å². The number of nitrogens with one attached hydrogen (secondary N) is 2. The molecule has 0 saturated heterocycles. The molecule has 154 valence electrons. The van der Waals surface area contributed by atoms with E-state index < -0.39 is 0 Å². The largest absolute Gasteiger partial charge is 0.352 e. The predicted molar refractivity (Wildman–Crippen MR) is 114 cm³/mol. The molecule has 2 rings (SSSR count). The van der Waals surface area contributed by atoms with Crippen LogP contribution in [0, 0.1) is 25.2 Å². The number of rotatable bonds is 9. The van der Waals surface area contributed by atoms with Gasteiger partial charge in [0.25, 0.3) is 5.56 Å². The fourth-order valence-corrected chi connectivity index (χ4v) is 3.51. The summed E-state index contributed by atoms with van der Waals surface area (Å²) in [4.78, 5) is 29.3. The van der Waals surface area contributed by atoms with Crippen LogP contribution in [0.15, 0.2) is 29.1 Å². The first-order valence-corrected chi connectivity index (χ1v) is 10.1. The highest BCUT2D eigenvalue weighted by Crippen LogP contribution is 2.15. The van der Waals surface area contributed by atoms with Gasteiger partial charge in [0.05, 0.1) is 0 Å². The fourth-order valence-electron chi connectivity index (χ4n) is 3.51. The second kappa shape index (κ2) is 10.6. The first-order chi connectivity index (χ1) is 13.9. The van der Waals surface area contributed by atoms with E-state index in [1.54, 1.807) is 13.8 Å². The number of aryl methyl sites for hydroxylation is 1. The van der Waals surface area contributed by atoms with E-state index in [2.05, 4.69) is 41.2 Å². The molecule has 6 heteroatoms. The lowest BCUT2D eigenvalue weighted by Crippen LogP contribution is -2.26. The number of hydrogen-bond acceptors (Lipinski definition) is 4. The van der Waals surface area contributed by atoms with Crippen molar-refractivity contribution in [3.8, 4) is 6.07 Å². The molecule has 0 saturated carbocycles. The molecular formula is C23H30N4O2. The van der Waals surface area contributed by atoms with Gasteiger partial charge in [0.15, 0.2) is 0 Å². The van der Waals surface area contributed by atoms with E-state index in [-0.39, 0.29) is 17.0 Å². The standard InChI is InChI=1S/C23H30N4O2/c1-5-27(6-2)15-19-10-8-7-9-18(19)14-25-22(28)12-11-20-16(3)21(13-24)23(29)26-17(20)4/h7-10H,5-6,11-12,14-15H2,1-4H3,(H,25,28)(H,26,29). The van der Waals surface area contributed by atoms with E-state index in [9.17, 15) is 14.9 Å². The van der Waals surface area contributed by atoms with Gasteiger partial charge in [-0.15, -0.1) is 0 Å². The summed E-state index contributed by atoms with van der Waals surface area (Å²) in [5.41, 5.74) is 4.32. The van der Waals surface area contributed by atoms with Crippen LogP contribution in [-0.2, 0) is 24.3 Å². The molecule has 6 nitrogen and oxygen atoms in total. The van der Waals surface area contributed by atoms with Gasteiger partial charge in [0.2, 0.25) is 5.91 Å². The molecule has 0 aliphatic rings. The second-order valence-corrected chi connectivity index (χ2v) is 7.18. The van der Waals surface area contributed by atoms with Gasteiger partial charge in [-0.1, -0.05) is 38.1 Å². The molecule has 0 aliphatic carbocycles. The zero-order chi connectivity index (χ0) is 21.4. The summed E-state index contributed by atoms with van der Waals surface area (Å²) in [5.74, 6) is -0.0499. The topological polar surface area (TPSA) is 89.0 Å². The number of aromatic nitrogens is 1. The third kappa shape index (κ3) is 5.78. The van der Waals surface area contributed by atoms with Crippen LogP contribution in [0.25, 0.3) is 0 Å². The maximum atomic E-state index is 12.4. The molecule has 1 aromatic carbocycles. The molecule has 0 aliphatic heterocycles. The summed E-state index contributed by atoms with van der Waals surface area (Å²) in [6, 6.07) is 10.1. The van der Waals surface area contributed by atoms with Crippen LogP contribution in [0.3, 0.4) is 0 Å². The summed E-state index contributed by atoms with van der Waals surface area (Å²) in [6.45, 7) is 11.2. The Labute approximate surface area is 172 Å². The average Bonchev–Trinajstić information content (AvgIpc) is 2.71. The van der Waals surface area contributed by atoms with Crippen LogP contribution >= 0.6 is 0 Å². The number of pyridine rings is 1. The Morgan fingerprint density at radius 2 is 1.83 bits per heavy atom. The number of carbonyl (C=O) groups excluding carboxylic acids is 1. The fraction of sp³-hybridized carbons (Fsp3) is 0.435. The van der Waals surface area contributed by atoms with E-state index in [0.29, 0.717) is 30.6 Å². The van der Waals surface area contributed by atoms with Crippen molar-refractivity contribution in [3.63, 3.8) is 0 Å². The number of benzene rings is 1. The van der Waals surface area contributed by atoms with E-state index in [1.807, 2.05) is 18.2 Å². The van der Waals surface area contributed by atoms with Crippen molar-refractivity contribution in [2.24, 2.45) is 0 Å². The molecule has 0 atom stereocenters. The van der Waals surface area contributed by atoms with Gasteiger partial charge in [0, 0.05) is 25.2 Å². The quantitative estimate of drug-likeness (QED) is 0.684. The van der Waals surface area contributed by atoms with Crippen molar-refractivity contribution < 1.29 is 4.79 Å². The Kier molecular flexibility index (Phi) is 8.17. The van der Waals surface area contributed by atoms with Gasteiger partial charge in [-0.25, -0.2) is 0 Å². The molecule has 0 fully saturated rings. The molecule has 1 amide bonds. The van der Waals surface area contributed by atoms with Gasteiger partial charge < -0.3 is 10.3 Å². The van der Waals surface area contributed by atoms with E-state index in [0.717, 1.165) is 30.8 Å². The number of nitriles is 1. The molecular weight excluding hydrogens is 364 g/mol. The maximum Gasteiger partial charge on any atom is 0.266 e. The molecule has 2 N–H and O–H groups in total. The highest BCUT2D eigenvalue weighted by Gasteiger charge is 2.14. The molecule has 0 spiro atoms.